The van der Waals surface area contributed by atoms with Crippen LogP contribution in [0.4, 0.5) is 9.59 Å². The van der Waals surface area contributed by atoms with Gasteiger partial charge in [0, 0.05) is 0 Å². The van der Waals surface area contributed by atoms with E-state index >= 15 is 0 Å². The van der Waals surface area contributed by atoms with Crippen LogP contribution in [0.2, 0.25) is 0 Å². The summed E-state index contributed by atoms with van der Waals surface area (Å²) in [6.07, 6.45) is 0.724. The highest BCUT2D eigenvalue weighted by molar-refractivity contribution is 5.89. The van der Waals surface area contributed by atoms with Crippen LogP contribution in [0.3, 0.4) is 0 Å². The van der Waals surface area contributed by atoms with E-state index in [2.05, 4.69) is 0 Å². The molecule has 0 aliphatic heterocycles. The molecule has 0 spiro atoms. The Labute approximate surface area is 93.6 Å². The summed E-state index contributed by atoms with van der Waals surface area (Å²) in [5.41, 5.74) is 5.92. The summed E-state index contributed by atoms with van der Waals surface area (Å²) in [7, 11) is 0. The van der Waals surface area contributed by atoms with Gasteiger partial charge in [0.15, 0.2) is 0 Å². The fraction of sp³-hybridized carbons (Fsp3) is 0.273. The van der Waals surface area contributed by atoms with Crippen molar-refractivity contribution in [3.05, 3.63) is 35.9 Å². The van der Waals surface area contributed by atoms with Gasteiger partial charge in [-0.05, 0) is 18.4 Å². The molecule has 5 heteroatoms. The molecule has 5 nitrogen and oxygen atoms in total. The maximum atomic E-state index is 10.8. The number of nitrogens with two attached hydrogens (primary N) is 1. The summed E-state index contributed by atoms with van der Waals surface area (Å²) in [6, 6.07) is 8.95. The van der Waals surface area contributed by atoms with Gasteiger partial charge in [-0.15, -0.1) is 0 Å². The van der Waals surface area contributed by atoms with Gasteiger partial charge in [0.1, 0.15) is 0 Å². The van der Waals surface area contributed by atoms with E-state index in [1.807, 2.05) is 35.6 Å². The van der Waals surface area contributed by atoms with Gasteiger partial charge < -0.3 is 10.5 Å². The first kappa shape index (κ1) is 12.0. The summed E-state index contributed by atoms with van der Waals surface area (Å²) in [4.78, 5) is 21.1. The third kappa shape index (κ3) is 4.99. The average Bonchev–Trinajstić information content (AvgIpc) is 2.25. The predicted molar refractivity (Wildman–Crippen MR) is 58.8 cm³/mol. The van der Waals surface area contributed by atoms with Crippen molar-refractivity contribution in [1.82, 2.24) is 5.32 Å². The average molecular weight is 222 g/mol. The normalized spacial score (nSPS) is 9.50. The van der Waals surface area contributed by atoms with Crippen LogP contribution in [0.1, 0.15) is 12.0 Å². The van der Waals surface area contributed by atoms with Crippen molar-refractivity contribution in [2.75, 3.05) is 6.61 Å². The van der Waals surface area contributed by atoms with E-state index in [0.29, 0.717) is 6.42 Å². The molecule has 86 valence electrons. The summed E-state index contributed by atoms with van der Waals surface area (Å²) >= 11 is 0. The number of imide groups is 1. The number of alkyl carbamates (subject to hydrolysis) is 1. The Hall–Kier alpha value is -2.04. The van der Waals surface area contributed by atoms with Gasteiger partial charge in [0.2, 0.25) is 0 Å². The number of nitrogens with one attached hydrogen (secondary N) is 1. The largest absolute Gasteiger partial charge is 0.449 e. The van der Waals surface area contributed by atoms with E-state index in [9.17, 15) is 9.59 Å². The lowest BCUT2D eigenvalue weighted by molar-refractivity contribution is 0.146. The third-order valence-corrected chi connectivity index (χ3v) is 1.91. The molecule has 3 amide bonds. The molecule has 1 rings (SSSR count). The van der Waals surface area contributed by atoms with Crippen LogP contribution in [0.5, 0.6) is 0 Å². The number of hydrogen-bond donors (Lipinski definition) is 2. The number of carbonyl (C=O) groups is 2. The summed E-state index contributed by atoms with van der Waals surface area (Å²) in [6.45, 7) is 0.258. The maximum Gasteiger partial charge on any atom is 0.415 e. The third-order valence-electron chi connectivity index (χ3n) is 1.91. The molecule has 0 saturated carbocycles. The molecular weight excluding hydrogens is 208 g/mol. The maximum absolute atomic E-state index is 10.8. The van der Waals surface area contributed by atoms with Crippen LogP contribution in [-0.4, -0.2) is 18.7 Å². The molecule has 0 saturated heterocycles. The van der Waals surface area contributed by atoms with E-state index in [1.165, 1.54) is 5.56 Å². The first-order chi connectivity index (χ1) is 7.68. The van der Waals surface area contributed by atoms with Crippen molar-refractivity contribution in [3.8, 4) is 0 Å². The minimum absolute atomic E-state index is 0.258. The lowest BCUT2D eigenvalue weighted by Gasteiger charge is -2.04. The van der Waals surface area contributed by atoms with Gasteiger partial charge in [-0.2, -0.15) is 0 Å². The van der Waals surface area contributed by atoms with Crippen LogP contribution in [0.25, 0.3) is 0 Å². The number of primary amides is 1. The van der Waals surface area contributed by atoms with Crippen molar-refractivity contribution in [2.45, 2.75) is 12.8 Å². The molecule has 0 aliphatic rings. The van der Waals surface area contributed by atoms with Crippen LogP contribution in [0.15, 0.2) is 30.3 Å². The van der Waals surface area contributed by atoms with Crippen LogP contribution in [-0.2, 0) is 11.2 Å². The second-order valence-electron chi connectivity index (χ2n) is 3.21. The van der Waals surface area contributed by atoms with Crippen molar-refractivity contribution < 1.29 is 14.3 Å². The Balaban J connectivity index is 2.13. The summed E-state index contributed by atoms with van der Waals surface area (Å²) in [5, 5.41) is 1.82. The van der Waals surface area contributed by atoms with E-state index in [1.54, 1.807) is 0 Å². The van der Waals surface area contributed by atoms with Gasteiger partial charge in [0.05, 0.1) is 6.61 Å². The van der Waals surface area contributed by atoms with E-state index in [-0.39, 0.29) is 6.61 Å². The lowest BCUT2D eigenvalue weighted by atomic mass is 10.1. The molecule has 3 N–H and O–H groups in total. The number of urea groups is 1. The van der Waals surface area contributed by atoms with E-state index in [0.717, 1.165) is 6.42 Å². The summed E-state index contributed by atoms with van der Waals surface area (Å²) < 4.78 is 4.72. The molecule has 0 atom stereocenters. The number of ether oxygens (including phenoxy) is 1. The number of hydrogen-bond acceptors (Lipinski definition) is 3. The van der Waals surface area contributed by atoms with E-state index < -0.39 is 12.1 Å². The van der Waals surface area contributed by atoms with Gasteiger partial charge in [-0.3, -0.25) is 0 Å². The van der Waals surface area contributed by atoms with Crippen LogP contribution in [0, 0.1) is 0 Å². The zero-order valence-corrected chi connectivity index (χ0v) is 8.81. The van der Waals surface area contributed by atoms with Crippen LogP contribution >= 0.6 is 0 Å². The highest BCUT2D eigenvalue weighted by Crippen LogP contribution is 2.02. The van der Waals surface area contributed by atoms with Gasteiger partial charge in [-0.1, -0.05) is 30.3 Å². The quantitative estimate of drug-likeness (QED) is 0.756. The fourth-order valence-corrected chi connectivity index (χ4v) is 1.22. The molecule has 0 aromatic heterocycles. The van der Waals surface area contributed by atoms with Gasteiger partial charge in [0.25, 0.3) is 0 Å². The number of rotatable bonds is 4. The Kier molecular flexibility index (Phi) is 4.85. The molecule has 1 aromatic rings. The Morgan fingerprint density at radius 3 is 2.56 bits per heavy atom. The smallest absolute Gasteiger partial charge is 0.415 e. The predicted octanol–water partition coefficient (Wildman–Crippen LogP) is 1.42. The lowest BCUT2D eigenvalue weighted by Crippen LogP contribution is -2.35. The molecule has 16 heavy (non-hydrogen) atoms. The zero-order valence-electron chi connectivity index (χ0n) is 8.81. The number of carbonyl (C=O) groups excluding carboxylic acids is 2. The molecule has 0 heterocycles. The Morgan fingerprint density at radius 2 is 1.94 bits per heavy atom. The minimum Gasteiger partial charge on any atom is -0.449 e. The minimum atomic E-state index is -0.909. The number of amides is 3. The first-order valence-electron chi connectivity index (χ1n) is 4.95. The van der Waals surface area contributed by atoms with Gasteiger partial charge >= 0.3 is 12.1 Å². The summed E-state index contributed by atoms with van der Waals surface area (Å²) in [5.74, 6) is 0. The zero-order chi connectivity index (χ0) is 11.8. The van der Waals surface area contributed by atoms with Crippen molar-refractivity contribution in [3.63, 3.8) is 0 Å². The number of benzene rings is 1. The monoisotopic (exact) mass is 222 g/mol. The Bertz CT molecular complexity index is 352. The molecule has 0 bridgehead atoms. The number of aryl methyl sites for hydroxylation is 1. The molecule has 1 aromatic carbocycles. The standard InChI is InChI=1S/C11H14N2O3/c12-10(14)13-11(15)16-8-4-7-9-5-2-1-3-6-9/h1-3,5-6H,4,7-8H2,(H3,12,13,14,15). The molecule has 0 fully saturated rings. The SMILES string of the molecule is NC(=O)NC(=O)OCCCc1ccccc1. The van der Waals surface area contributed by atoms with Crippen molar-refractivity contribution in [1.29, 1.82) is 0 Å². The Morgan fingerprint density at radius 1 is 1.25 bits per heavy atom. The molecule has 0 radical (unpaired) electrons. The molecular formula is C11H14N2O3. The van der Waals surface area contributed by atoms with Crippen molar-refractivity contribution in [2.24, 2.45) is 5.73 Å². The first-order valence-corrected chi connectivity index (χ1v) is 4.95. The van der Waals surface area contributed by atoms with Gasteiger partial charge in [-0.25, -0.2) is 14.9 Å². The second kappa shape index (κ2) is 6.44. The highest BCUT2D eigenvalue weighted by atomic mass is 16.5. The molecule has 0 aliphatic carbocycles. The van der Waals surface area contributed by atoms with Crippen molar-refractivity contribution >= 4 is 12.1 Å². The van der Waals surface area contributed by atoms with Crippen LogP contribution < -0.4 is 11.1 Å². The van der Waals surface area contributed by atoms with E-state index in [4.69, 9.17) is 10.5 Å². The highest BCUT2D eigenvalue weighted by Gasteiger charge is 2.03. The topological polar surface area (TPSA) is 81.4 Å². The molecule has 0 unspecified atom stereocenters. The fourth-order valence-electron chi connectivity index (χ4n) is 1.22. The second-order valence-corrected chi connectivity index (χ2v) is 3.21.